The summed E-state index contributed by atoms with van der Waals surface area (Å²) < 4.78 is 5.26. The molecule has 86 valence electrons. The maximum absolute atomic E-state index is 5.26. The molecule has 1 aliphatic heterocycles. The molecule has 1 saturated heterocycles. The second-order valence-corrected chi connectivity index (χ2v) is 4.53. The van der Waals surface area contributed by atoms with Gasteiger partial charge in [-0.2, -0.15) is 4.98 Å². The van der Waals surface area contributed by atoms with Crippen LogP contribution in [0.1, 0.15) is 24.8 Å². The predicted molar refractivity (Wildman–Crippen MR) is 64.8 cm³/mol. The Hall–Kier alpha value is -0.910. The Kier molecular flexibility index (Phi) is 3.58. The van der Waals surface area contributed by atoms with Crippen LogP contribution < -0.4 is 5.32 Å². The minimum absolute atomic E-state index is 0. The van der Waals surface area contributed by atoms with Gasteiger partial charge in [0.2, 0.25) is 11.7 Å². The number of nitrogens with one attached hydrogen (secondary N) is 1. The first-order chi connectivity index (χ1) is 7.43. The predicted octanol–water partition coefficient (Wildman–Crippen LogP) is 2.64. The summed E-state index contributed by atoms with van der Waals surface area (Å²) in [5, 5.41) is 9.34. The monoisotopic (exact) mass is 257 g/mol. The van der Waals surface area contributed by atoms with E-state index in [4.69, 9.17) is 4.52 Å². The number of aromatic nitrogens is 2. The van der Waals surface area contributed by atoms with Crippen LogP contribution in [0.15, 0.2) is 22.0 Å². The van der Waals surface area contributed by atoms with Crippen LogP contribution in [0.25, 0.3) is 10.7 Å². The molecule has 3 rings (SSSR count). The van der Waals surface area contributed by atoms with Crippen molar-refractivity contribution >= 4 is 23.7 Å². The minimum Gasteiger partial charge on any atom is -0.337 e. The number of hydrogen-bond acceptors (Lipinski definition) is 5. The van der Waals surface area contributed by atoms with E-state index in [9.17, 15) is 0 Å². The van der Waals surface area contributed by atoms with Crippen LogP contribution in [0.5, 0.6) is 0 Å². The number of thiophene rings is 1. The first kappa shape index (κ1) is 11.6. The van der Waals surface area contributed by atoms with Gasteiger partial charge in [0, 0.05) is 0 Å². The van der Waals surface area contributed by atoms with Crippen LogP contribution in [-0.4, -0.2) is 16.7 Å². The molecule has 0 spiro atoms. The van der Waals surface area contributed by atoms with Gasteiger partial charge in [-0.1, -0.05) is 11.2 Å². The van der Waals surface area contributed by atoms with Gasteiger partial charge in [-0.3, -0.25) is 0 Å². The molecule has 1 fully saturated rings. The van der Waals surface area contributed by atoms with Crippen LogP contribution in [0.3, 0.4) is 0 Å². The van der Waals surface area contributed by atoms with Crippen LogP contribution in [0.4, 0.5) is 0 Å². The Bertz CT molecular complexity index is 437. The normalized spacial score (nSPS) is 19.6. The molecular formula is C10H12ClN3OS. The molecule has 2 aromatic heterocycles. The Balaban J connectivity index is 0.000000963. The van der Waals surface area contributed by atoms with Crippen LogP contribution in [0.2, 0.25) is 0 Å². The fraction of sp³-hybridized carbons (Fsp3) is 0.400. The van der Waals surface area contributed by atoms with Gasteiger partial charge in [-0.05, 0) is 30.8 Å². The van der Waals surface area contributed by atoms with Crippen molar-refractivity contribution in [2.75, 3.05) is 6.54 Å². The molecule has 0 radical (unpaired) electrons. The average Bonchev–Trinajstić information content (AvgIpc) is 3.02. The van der Waals surface area contributed by atoms with E-state index >= 15 is 0 Å². The van der Waals surface area contributed by atoms with E-state index in [-0.39, 0.29) is 18.4 Å². The van der Waals surface area contributed by atoms with Crippen molar-refractivity contribution in [3.05, 3.63) is 23.4 Å². The molecule has 4 nitrogen and oxygen atoms in total. The summed E-state index contributed by atoms with van der Waals surface area (Å²) in [6.45, 7) is 1.04. The van der Waals surface area contributed by atoms with Gasteiger partial charge >= 0.3 is 0 Å². The van der Waals surface area contributed by atoms with E-state index in [1.54, 1.807) is 11.3 Å². The highest BCUT2D eigenvalue weighted by Crippen LogP contribution is 2.26. The smallest absolute Gasteiger partial charge is 0.244 e. The molecule has 1 aliphatic rings. The molecule has 1 N–H and O–H groups in total. The average molecular weight is 258 g/mol. The molecular weight excluding hydrogens is 246 g/mol. The van der Waals surface area contributed by atoms with Gasteiger partial charge in [-0.25, -0.2) is 0 Å². The Labute approximate surface area is 103 Å². The van der Waals surface area contributed by atoms with Crippen molar-refractivity contribution in [2.24, 2.45) is 0 Å². The van der Waals surface area contributed by atoms with Crippen LogP contribution >= 0.6 is 23.7 Å². The lowest BCUT2D eigenvalue weighted by atomic mass is 10.2. The SMILES string of the molecule is Cl.c1csc(-c2noc([C@@H]3CCCN3)n2)c1. The molecule has 0 saturated carbocycles. The van der Waals surface area contributed by atoms with Gasteiger partial charge in [0.25, 0.3) is 0 Å². The lowest BCUT2D eigenvalue weighted by molar-refractivity contribution is 0.345. The van der Waals surface area contributed by atoms with E-state index in [2.05, 4.69) is 15.5 Å². The molecule has 1 atom stereocenters. The molecule has 0 unspecified atom stereocenters. The first-order valence-electron chi connectivity index (χ1n) is 5.04. The Morgan fingerprint density at radius 2 is 2.44 bits per heavy atom. The molecule has 3 heterocycles. The zero-order valence-corrected chi connectivity index (χ0v) is 10.2. The quantitative estimate of drug-likeness (QED) is 0.899. The molecule has 0 aromatic carbocycles. The number of halogens is 1. The Morgan fingerprint density at radius 1 is 1.50 bits per heavy atom. The highest BCUT2D eigenvalue weighted by molar-refractivity contribution is 7.13. The fourth-order valence-corrected chi connectivity index (χ4v) is 2.43. The van der Waals surface area contributed by atoms with Crippen LogP contribution in [0, 0.1) is 0 Å². The van der Waals surface area contributed by atoms with Crippen molar-refractivity contribution in [1.29, 1.82) is 0 Å². The lowest BCUT2D eigenvalue weighted by Crippen LogP contribution is -2.12. The van der Waals surface area contributed by atoms with Gasteiger partial charge in [0.15, 0.2) is 0 Å². The lowest BCUT2D eigenvalue weighted by Gasteiger charge is -2.01. The number of rotatable bonds is 2. The maximum atomic E-state index is 5.26. The van der Waals surface area contributed by atoms with Crippen molar-refractivity contribution in [2.45, 2.75) is 18.9 Å². The van der Waals surface area contributed by atoms with E-state index in [1.165, 1.54) is 6.42 Å². The fourth-order valence-electron chi connectivity index (χ4n) is 1.78. The summed E-state index contributed by atoms with van der Waals surface area (Å²) in [5.74, 6) is 1.42. The Morgan fingerprint density at radius 3 is 3.12 bits per heavy atom. The first-order valence-corrected chi connectivity index (χ1v) is 5.92. The van der Waals surface area contributed by atoms with E-state index in [1.807, 2.05) is 17.5 Å². The van der Waals surface area contributed by atoms with E-state index < -0.39 is 0 Å². The third-order valence-corrected chi connectivity index (χ3v) is 3.41. The van der Waals surface area contributed by atoms with E-state index in [0.717, 1.165) is 23.7 Å². The summed E-state index contributed by atoms with van der Waals surface area (Å²) in [7, 11) is 0. The second-order valence-electron chi connectivity index (χ2n) is 3.58. The van der Waals surface area contributed by atoms with Crippen molar-refractivity contribution < 1.29 is 4.52 Å². The molecule has 0 amide bonds. The summed E-state index contributed by atoms with van der Waals surface area (Å²) in [6, 6.07) is 4.25. The second kappa shape index (κ2) is 4.95. The standard InChI is InChI=1S/C10H11N3OS.ClH/c1-3-7(11-5-1)10-12-9(13-14-10)8-4-2-6-15-8;/h2,4,6-7,11H,1,3,5H2;1H/t7-;/m0./s1. The summed E-state index contributed by atoms with van der Waals surface area (Å²) in [6.07, 6.45) is 2.27. The molecule has 2 aromatic rings. The summed E-state index contributed by atoms with van der Waals surface area (Å²) in [4.78, 5) is 5.46. The third-order valence-electron chi connectivity index (χ3n) is 2.54. The molecule has 0 aliphatic carbocycles. The van der Waals surface area contributed by atoms with Gasteiger partial charge in [0.05, 0.1) is 10.9 Å². The highest BCUT2D eigenvalue weighted by atomic mass is 35.5. The maximum Gasteiger partial charge on any atom is 0.244 e. The van der Waals surface area contributed by atoms with Crippen molar-refractivity contribution in [3.63, 3.8) is 0 Å². The largest absolute Gasteiger partial charge is 0.337 e. The number of hydrogen-bond donors (Lipinski definition) is 1. The van der Waals surface area contributed by atoms with Crippen molar-refractivity contribution in [1.82, 2.24) is 15.5 Å². The van der Waals surface area contributed by atoms with Gasteiger partial charge < -0.3 is 9.84 Å². The number of nitrogens with zero attached hydrogens (tertiary/aromatic N) is 2. The summed E-state index contributed by atoms with van der Waals surface area (Å²) >= 11 is 1.63. The van der Waals surface area contributed by atoms with Gasteiger partial charge in [-0.15, -0.1) is 23.7 Å². The highest BCUT2D eigenvalue weighted by Gasteiger charge is 2.22. The minimum atomic E-state index is 0. The van der Waals surface area contributed by atoms with E-state index in [0.29, 0.717) is 5.82 Å². The van der Waals surface area contributed by atoms with Gasteiger partial charge in [0.1, 0.15) is 0 Å². The third kappa shape index (κ3) is 2.11. The molecule has 0 bridgehead atoms. The van der Waals surface area contributed by atoms with Crippen LogP contribution in [-0.2, 0) is 0 Å². The molecule has 16 heavy (non-hydrogen) atoms. The topological polar surface area (TPSA) is 51.0 Å². The summed E-state index contributed by atoms with van der Waals surface area (Å²) in [5.41, 5.74) is 0. The molecule has 6 heteroatoms. The zero-order valence-electron chi connectivity index (χ0n) is 8.55. The zero-order chi connectivity index (χ0) is 10.1. The van der Waals surface area contributed by atoms with Crippen molar-refractivity contribution in [3.8, 4) is 10.7 Å².